The first-order valence-electron chi connectivity index (χ1n) is 8.68. The maximum Gasteiger partial charge on any atom is 0.278 e. The zero-order valence-electron chi connectivity index (χ0n) is 15.9. The minimum absolute atomic E-state index is 0.0392. The fourth-order valence-corrected chi connectivity index (χ4v) is 2.56. The molecule has 0 aliphatic carbocycles. The molecular formula is C20H21N5O3. The lowest BCUT2D eigenvalue weighted by atomic mass is 10.2. The second-order valence-electron chi connectivity index (χ2n) is 6.28. The Morgan fingerprint density at radius 3 is 2.21 bits per heavy atom. The number of aromatic nitrogens is 3. The van der Waals surface area contributed by atoms with Gasteiger partial charge >= 0.3 is 0 Å². The van der Waals surface area contributed by atoms with Crippen molar-refractivity contribution in [2.24, 2.45) is 0 Å². The van der Waals surface area contributed by atoms with Crippen LogP contribution in [0.2, 0.25) is 0 Å². The normalized spacial score (nSPS) is 10.4. The summed E-state index contributed by atoms with van der Waals surface area (Å²) in [5.41, 5.74) is 3.09. The number of nitrogens with one attached hydrogen (secondary N) is 2. The van der Waals surface area contributed by atoms with Gasteiger partial charge in [-0.1, -0.05) is 22.9 Å². The van der Waals surface area contributed by atoms with Crippen LogP contribution in [0.5, 0.6) is 5.75 Å². The van der Waals surface area contributed by atoms with Crippen LogP contribution in [0.15, 0.2) is 48.5 Å². The number of amides is 2. The number of rotatable bonds is 6. The number of anilines is 2. The number of nitrogens with zero attached hydrogens (tertiary/aromatic N) is 3. The van der Waals surface area contributed by atoms with Crippen LogP contribution in [0.4, 0.5) is 11.4 Å². The Labute approximate surface area is 162 Å². The second-order valence-corrected chi connectivity index (χ2v) is 6.28. The first-order chi connectivity index (χ1) is 13.5. The van der Waals surface area contributed by atoms with Gasteiger partial charge in [-0.05, 0) is 50.2 Å². The van der Waals surface area contributed by atoms with Gasteiger partial charge in [0.05, 0.1) is 12.8 Å². The predicted octanol–water partition coefficient (Wildman–Crippen LogP) is 2.79. The first-order valence-corrected chi connectivity index (χ1v) is 8.68. The number of hydrogen-bond donors (Lipinski definition) is 2. The Morgan fingerprint density at radius 1 is 0.964 bits per heavy atom. The van der Waals surface area contributed by atoms with Crippen molar-refractivity contribution >= 4 is 23.2 Å². The molecule has 3 aromatic rings. The molecule has 0 unspecified atom stereocenters. The summed E-state index contributed by atoms with van der Waals surface area (Å²) in [5.74, 6) is 0.0477. The molecular weight excluding hydrogens is 358 g/mol. The van der Waals surface area contributed by atoms with E-state index in [0.29, 0.717) is 22.8 Å². The molecule has 2 amide bonds. The molecule has 0 spiro atoms. The van der Waals surface area contributed by atoms with E-state index in [1.165, 1.54) is 4.68 Å². The second kappa shape index (κ2) is 8.34. The Morgan fingerprint density at radius 2 is 1.57 bits per heavy atom. The highest BCUT2D eigenvalue weighted by molar-refractivity contribution is 6.03. The van der Waals surface area contributed by atoms with Gasteiger partial charge in [0.1, 0.15) is 12.3 Å². The van der Waals surface area contributed by atoms with Crippen molar-refractivity contribution in [3.05, 3.63) is 65.5 Å². The minimum Gasteiger partial charge on any atom is -0.497 e. The van der Waals surface area contributed by atoms with E-state index < -0.39 is 5.91 Å². The van der Waals surface area contributed by atoms with E-state index in [1.54, 1.807) is 38.3 Å². The third kappa shape index (κ3) is 4.53. The summed E-state index contributed by atoms with van der Waals surface area (Å²) in [6.07, 6.45) is 0. The van der Waals surface area contributed by atoms with Crippen LogP contribution in [0.25, 0.3) is 0 Å². The van der Waals surface area contributed by atoms with Gasteiger partial charge < -0.3 is 15.4 Å². The highest BCUT2D eigenvalue weighted by atomic mass is 16.5. The van der Waals surface area contributed by atoms with Gasteiger partial charge in [-0.15, -0.1) is 5.10 Å². The zero-order chi connectivity index (χ0) is 20.1. The van der Waals surface area contributed by atoms with Gasteiger partial charge in [0, 0.05) is 11.4 Å². The Bertz CT molecular complexity index is 978. The van der Waals surface area contributed by atoms with Crippen molar-refractivity contribution in [3.8, 4) is 5.75 Å². The molecule has 0 aliphatic rings. The summed E-state index contributed by atoms with van der Waals surface area (Å²) < 4.78 is 6.49. The fraction of sp³-hybridized carbons (Fsp3) is 0.200. The molecule has 144 valence electrons. The first kappa shape index (κ1) is 19.1. The van der Waals surface area contributed by atoms with Gasteiger partial charge in [-0.25, -0.2) is 4.68 Å². The highest BCUT2D eigenvalue weighted by Crippen LogP contribution is 2.16. The van der Waals surface area contributed by atoms with Gasteiger partial charge in [-0.2, -0.15) is 0 Å². The summed E-state index contributed by atoms with van der Waals surface area (Å²) in [4.78, 5) is 24.7. The smallest absolute Gasteiger partial charge is 0.278 e. The van der Waals surface area contributed by atoms with Crippen molar-refractivity contribution in [2.75, 3.05) is 17.7 Å². The third-order valence-electron chi connectivity index (χ3n) is 4.17. The molecule has 0 aliphatic heterocycles. The van der Waals surface area contributed by atoms with Crippen LogP contribution in [-0.4, -0.2) is 33.9 Å². The minimum atomic E-state index is -0.396. The largest absolute Gasteiger partial charge is 0.497 e. The van der Waals surface area contributed by atoms with Crippen LogP contribution in [0.3, 0.4) is 0 Å². The Kier molecular flexibility index (Phi) is 5.69. The van der Waals surface area contributed by atoms with Crippen molar-refractivity contribution in [1.29, 1.82) is 0 Å². The standard InChI is InChI=1S/C20H21N5O3/c1-13-4-6-15(7-5-13)21-18(26)12-25-14(2)19(23-24-25)20(27)22-16-8-10-17(28-3)11-9-16/h4-11H,12H2,1-3H3,(H,21,26)(H,22,27). The number of carbonyl (C=O) groups is 2. The lowest BCUT2D eigenvalue weighted by Crippen LogP contribution is -2.21. The molecule has 3 rings (SSSR count). The van der Waals surface area contributed by atoms with Gasteiger partial charge in [0.2, 0.25) is 5.91 Å². The molecule has 0 saturated heterocycles. The average molecular weight is 379 g/mol. The lowest BCUT2D eigenvalue weighted by Gasteiger charge is -2.07. The summed E-state index contributed by atoms with van der Waals surface area (Å²) >= 11 is 0. The number of aryl methyl sites for hydroxylation is 1. The molecule has 1 heterocycles. The van der Waals surface area contributed by atoms with Crippen molar-refractivity contribution in [2.45, 2.75) is 20.4 Å². The van der Waals surface area contributed by atoms with Gasteiger partial charge in [0.15, 0.2) is 5.69 Å². The SMILES string of the molecule is COc1ccc(NC(=O)c2nnn(CC(=O)Nc3ccc(C)cc3)c2C)cc1. The maximum atomic E-state index is 12.5. The predicted molar refractivity (Wildman–Crippen MR) is 106 cm³/mol. The molecule has 2 N–H and O–H groups in total. The number of ether oxygens (including phenoxy) is 1. The monoisotopic (exact) mass is 379 g/mol. The molecule has 0 radical (unpaired) electrons. The van der Waals surface area contributed by atoms with Crippen molar-refractivity contribution < 1.29 is 14.3 Å². The maximum absolute atomic E-state index is 12.5. The molecule has 0 bridgehead atoms. The summed E-state index contributed by atoms with van der Waals surface area (Å²) in [5, 5.41) is 13.4. The molecule has 0 saturated carbocycles. The van der Waals surface area contributed by atoms with E-state index in [9.17, 15) is 9.59 Å². The van der Waals surface area contributed by atoms with Crippen LogP contribution >= 0.6 is 0 Å². The van der Waals surface area contributed by atoms with Crippen LogP contribution in [0.1, 0.15) is 21.7 Å². The average Bonchev–Trinajstić information content (AvgIpc) is 3.04. The molecule has 8 nitrogen and oxygen atoms in total. The van der Waals surface area contributed by atoms with E-state index in [2.05, 4.69) is 20.9 Å². The van der Waals surface area contributed by atoms with E-state index in [4.69, 9.17) is 4.74 Å². The van der Waals surface area contributed by atoms with E-state index in [1.807, 2.05) is 31.2 Å². The molecule has 0 fully saturated rings. The van der Waals surface area contributed by atoms with Crippen LogP contribution in [-0.2, 0) is 11.3 Å². The number of carbonyl (C=O) groups excluding carboxylic acids is 2. The Hall–Kier alpha value is -3.68. The summed E-state index contributed by atoms with van der Waals surface area (Å²) in [7, 11) is 1.57. The molecule has 0 atom stereocenters. The van der Waals surface area contributed by atoms with Crippen LogP contribution in [0, 0.1) is 13.8 Å². The quantitative estimate of drug-likeness (QED) is 0.686. The van der Waals surface area contributed by atoms with Gasteiger partial charge in [-0.3, -0.25) is 9.59 Å². The summed E-state index contributed by atoms with van der Waals surface area (Å²) in [6.45, 7) is 3.63. The van der Waals surface area contributed by atoms with E-state index >= 15 is 0 Å². The Balaban J connectivity index is 1.64. The molecule has 28 heavy (non-hydrogen) atoms. The number of methoxy groups -OCH3 is 1. The van der Waals surface area contributed by atoms with E-state index in [-0.39, 0.29) is 18.1 Å². The fourth-order valence-electron chi connectivity index (χ4n) is 2.56. The lowest BCUT2D eigenvalue weighted by molar-refractivity contribution is -0.117. The van der Waals surface area contributed by atoms with Crippen molar-refractivity contribution in [3.63, 3.8) is 0 Å². The topological polar surface area (TPSA) is 98.1 Å². The highest BCUT2D eigenvalue weighted by Gasteiger charge is 2.18. The molecule has 1 aromatic heterocycles. The zero-order valence-corrected chi connectivity index (χ0v) is 15.9. The summed E-state index contributed by atoms with van der Waals surface area (Å²) in [6, 6.07) is 14.4. The number of benzene rings is 2. The van der Waals surface area contributed by atoms with E-state index in [0.717, 1.165) is 5.56 Å². The van der Waals surface area contributed by atoms with Crippen LogP contribution < -0.4 is 15.4 Å². The molecule has 2 aromatic carbocycles. The number of hydrogen-bond acceptors (Lipinski definition) is 5. The molecule has 8 heteroatoms. The van der Waals surface area contributed by atoms with Crippen molar-refractivity contribution in [1.82, 2.24) is 15.0 Å². The van der Waals surface area contributed by atoms with Gasteiger partial charge in [0.25, 0.3) is 5.91 Å². The third-order valence-corrected chi connectivity index (χ3v) is 4.17.